The van der Waals surface area contributed by atoms with E-state index in [0.717, 1.165) is 19.1 Å². The minimum Gasteiger partial charge on any atom is -0.468 e. The molecule has 0 aromatic rings. The molecule has 0 unspecified atom stereocenters. The molecule has 0 atom stereocenters. The molecule has 0 aliphatic rings. The molecule has 0 spiro atoms. The van der Waals surface area contributed by atoms with Crippen molar-refractivity contribution in [2.45, 2.75) is 13.3 Å². The second-order valence-electron chi connectivity index (χ2n) is 3.38. The van der Waals surface area contributed by atoms with Gasteiger partial charge in [0.1, 0.15) is 19.5 Å². The summed E-state index contributed by atoms with van der Waals surface area (Å²) >= 11 is 0. The normalized spacial score (nSPS) is 9.42. The quantitative estimate of drug-likeness (QED) is 0.338. The Bertz CT molecular complexity index is 335. The lowest BCUT2D eigenvalue weighted by atomic mass is 10.3. The highest BCUT2D eigenvalue weighted by atomic mass is 16.5. The summed E-state index contributed by atoms with van der Waals surface area (Å²) < 4.78 is 13.4. The van der Waals surface area contributed by atoms with Crippen molar-refractivity contribution >= 4 is 23.8 Å². The van der Waals surface area contributed by atoms with Gasteiger partial charge in [-0.25, -0.2) is 0 Å². The van der Waals surface area contributed by atoms with Gasteiger partial charge >= 0.3 is 17.9 Å². The zero-order valence-electron chi connectivity index (χ0n) is 11.1. The Morgan fingerprint density at radius 3 is 1.74 bits per heavy atom. The first kappa shape index (κ1) is 16.9. The summed E-state index contributed by atoms with van der Waals surface area (Å²) in [6, 6.07) is 0. The van der Waals surface area contributed by atoms with E-state index in [9.17, 15) is 19.2 Å². The van der Waals surface area contributed by atoms with Crippen LogP contribution in [0.1, 0.15) is 13.3 Å². The van der Waals surface area contributed by atoms with Crippen LogP contribution in [0.25, 0.3) is 0 Å². The summed E-state index contributed by atoms with van der Waals surface area (Å²) in [4.78, 5) is 46.0. The number of rotatable bonds is 7. The van der Waals surface area contributed by atoms with E-state index in [1.807, 2.05) is 0 Å². The molecule has 0 fully saturated rings. The molecule has 0 aliphatic carbocycles. The van der Waals surface area contributed by atoms with E-state index < -0.39 is 43.3 Å². The fourth-order valence-electron chi connectivity index (χ4n) is 1.12. The number of methoxy groups -OCH3 is 2. The molecule has 0 aromatic heterocycles. The van der Waals surface area contributed by atoms with E-state index >= 15 is 0 Å². The van der Waals surface area contributed by atoms with Crippen LogP contribution in [-0.2, 0) is 33.4 Å². The minimum absolute atomic E-state index is 0.139. The molecular weight excluding hydrogens is 258 g/mol. The first-order chi connectivity index (χ1) is 8.94. The molecule has 0 saturated carbocycles. The average molecular weight is 275 g/mol. The number of hydrogen-bond donors (Lipinski definition) is 0. The van der Waals surface area contributed by atoms with E-state index in [2.05, 4.69) is 14.2 Å². The number of hydrogen-bond acceptors (Lipinski definition) is 7. The van der Waals surface area contributed by atoms with Crippen LogP contribution in [0.2, 0.25) is 0 Å². The lowest BCUT2D eigenvalue weighted by Gasteiger charge is -2.19. The van der Waals surface area contributed by atoms with Gasteiger partial charge in [-0.1, -0.05) is 0 Å². The molecule has 0 rings (SSSR count). The van der Waals surface area contributed by atoms with Crippen LogP contribution in [0.15, 0.2) is 0 Å². The Labute approximate surface area is 110 Å². The van der Waals surface area contributed by atoms with Gasteiger partial charge in [-0.15, -0.1) is 0 Å². The van der Waals surface area contributed by atoms with Gasteiger partial charge in [0, 0.05) is 0 Å². The first-order valence-electron chi connectivity index (χ1n) is 5.51. The molecule has 0 bridgehead atoms. The van der Waals surface area contributed by atoms with E-state index in [-0.39, 0.29) is 6.61 Å². The maximum absolute atomic E-state index is 11.7. The maximum Gasteiger partial charge on any atom is 0.325 e. The number of esters is 3. The van der Waals surface area contributed by atoms with Crippen LogP contribution in [-0.4, -0.2) is 62.6 Å². The third kappa shape index (κ3) is 7.02. The predicted octanol–water partition coefficient (Wildman–Crippen LogP) is -0.886. The molecule has 1 amide bonds. The number of nitrogens with zero attached hydrogens (tertiary/aromatic N) is 1. The van der Waals surface area contributed by atoms with Crippen LogP contribution in [0.3, 0.4) is 0 Å². The van der Waals surface area contributed by atoms with Crippen LogP contribution in [0.4, 0.5) is 0 Å². The number of amides is 1. The van der Waals surface area contributed by atoms with Crippen molar-refractivity contribution in [2.75, 3.05) is 33.9 Å². The molecule has 0 aromatic carbocycles. The molecule has 0 aliphatic heterocycles. The van der Waals surface area contributed by atoms with E-state index in [1.54, 1.807) is 6.92 Å². The Morgan fingerprint density at radius 2 is 1.37 bits per heavy atom. The Morgan fingerprint density at radius 1 is 0.895 bits per heavy atom. The molecule has 19 heavy (non-hydrogen) atoms. The highest BCUT2D eigenvalue weighted by Crippen LogP contribution is 1.99. The SMILES string of the molecule is CCOC(=O)CC(=O)N(CC(=O)OC)CC(=O)OC. The largest absolute Gasteiger partial charge is 0.468 e. The summed E-state index contributed by atoms with van der Waals surface area (Å²) in [6.45, 7) is 0.858. The monoisotopic (exact) mass is 275 g/mol. The van der Waals surface area contributed by atoms with Gasteiger partial charge < -0.3 is 19.1 Å². The molecule has 0 radical (unpaired) electrons. The van der Waals surface area contributed by atoms with Gasteiger partial charge in [-0.2, -0.15) is 0 Å². The molecule has 0 heterocycles. The number of ether oxygens (including phenoxy) is 3. The van der Waals surface area contributed by atoms with Crippen molar-refractivity contribution in [3.63, 3.8) is 0 Å². The van der Waals surface area contributed by atoms with Gasteiger partial charge in [-0.3, -0.25) is 19.2 Å². The highest BCUT2D eigenvalue weighted by molar-refractivity contribution is 5.96. The minimum atomic E-state index is -0.729. The second-order valence-corrected chi connectivity index (χ2v) is 3.38. The molecular formula is C11H17NO7. The van der Waals surface area contributed by atoms with E-state index in [1.165, 1.54) is 0 Å². The summed E-state index contributed by atoms with van der Waals surface area (Å²) in [6.07, 6.45) is -0.554. The topological polar surface area (TPSA) is 99.2 Å². The first-order valence-corrected chi connectivity index (χ1v) is 5.51. The third-order valence-corrected chi connectivity index (χ3v) is 2.05. The lowest BCUT2D eigenvalue weighted by Crippen LogP contribution is -2.41. The third-order valence-electron chi connectivity index (χ3n) is 2.05. The Balaban J connectivity index is 4.61. The van der Waals surface area contributed by atoms with Gasteiger partial charge in [0.15, 0.2) is 0 Å². The van der Waals surface area contributed by atoms with Crippen molar-refractivity contribution in [2.24, 2.45) is 0 Å². The standard InChI is InChI=1S/C11H17NO7/c1-4-19-9(14)5-8(13)12(6-10(15)17-2)7-11(16)18-3/h4-7H2,1-3H3. The van der Waals surface area contributed by atoms with Gasteiger partial charge in [0.25, 0.3) is 0 Å². The zero-order valence-corrected chi connectivity index (χ0v) is 11.1. The fraction of sp³-hybridized carbons (Fsp3) is 0.636. The molecule has 8 heteroatoms. The molecule has 0 N–H and O–H groups in total. The maximum atomic E-state index is 11.7. The fourth-order valence-corrected chi connectivity index (χ4v) is 1.12. The van der Waals surface area contributed by atoms with Crippen LogP contribution < -0.4 is 0 Å². The van der Waals surface area contributed by atoms with E-state index in [0.29, 0.717) is 0 Å². The van der Waals surface area contributed by atoms with Crippen molar-refractivity contribution in [3.05, 3.63) is 0 Å². The second kappa shape index (κ2) is 8.90. The van der Waals surface area contributed by atoms with Crippen molar-refractivity contribution in [1.29, 1.82) is 0 Å². The lowest BCUT2D eigenvalue weighted by molar-refractivity contribution is -0.156. The van der Waals surface area contributed by atoms with Gasteiger partial charge in [0.2, 0.25) is 5.91 Å². The summed E-state index contributed by atoms with van der Waals surface area (Å²) in [5.41, 5.74) is 0. The highest BCUT2D eigenvalue weighted by Gasteiger charge is 2.23. The smallest absolute Gasteiger partial charge is 0.325 e. The van der Waals surface area contributed by atoms with E-state index in [4.69, 9.17) is 0 Å². The zero-order chi connectivity index (χ0) is 14.8. The molecule has 108 valence electrons. The van der Waals surface area contributed by atoms with Crippen LogP contribution in [0.5, 0.6) is 0 Å². The summed E-state index contributed by atoms with van der Waals surface area (Å²) in [5.74, 6) is -2.86. The van der Waals surface area contributed by atoms with Gasteiger partial charge in [-0.05, 0) is 6.92 Å². The predicted molar refractivity (Wildman–Crippen MR) is 61.9 cm³/mol. The average Bonchev–Trinajstić information content (AvgIpc) is 2.37. The van der Waals surface area contributed by atoms with Crippen molar-refractivity contribution in [3.8, 4) is 0 Å². The number of carbonyl (C=O) groups is 4. The summed E-state index contributed by atoms with van der Waals surface area (Å²) in [5, 5.41) is 0. The Kier molecular flexibility index (Phi) is 7.90. The van der Waals surface area contributed by atoms with Crippen LogP contribution in [0, 0.1) is 0 Å². The number of carbonyl (C=O) groups excluding carboxylic acids is 4. The Hall–Kier alpha value is -2.12. The van der Waals surface area contributed by atoms with Crippen LogP contribution >= 0.6 is 0 Å². The van der Waals surface area contributed by atoms with Crippen molar-refractivity contribution in [1.82, 2.24) is 4.90 Å². The summed E-state index contributed by atoms with van der Waals surface area (Å²) in [7, 11) is 2.29. The molecule has 0 saturated heterocycles. The van der Waals surface area contributed by atoms with Gasteiger partial charge in [0.05, 0.1) is 20.8 Å². The molecule has 8 nitrogen and oxygen atoms in total. The van der Waals surface area contributed by atoms with Crippen molar-refractivity contribution < 1.29 is 33.4 Å².